The minimum Gasteiger partial charge on any atom is -0.381 e. The van der Waals surface area contributed by atoms with Crippen LogP contribution >= 0.6 is 0 Å². The Hall–Kier alpha value is -0.0400. The highest BCUT2D eigenvalue weighted by atomic mass is 16.5. The zero-order chi connectivity index (χ0) is 16.1. The lowest BCUT2D eigenvalue weighted by Crippen LogP contribution is -2.03. The Balaban J connectivity index is 3.22. The molecule has 0 aliphatic carbocycles. The summed E-state index contributed by atoms with van der Waals surface area (Å²) in [5, 5.41) is 0. The molecule has 21 heavy (non-hydrogen) atoms. The molecule has 0 amide bonds. The van der Waals surface area contributed by atoms with Crippen molar-refractivity contribution in [3.05, 3.63) is 0 Å². The van der Waals surface area contributed by atoms with Crippen LogP contribution in [0.2, 0.25) is 0 Å². The molecule has 0 saturated heterocycles. The second kappa shape index (κ2) is 13.6. The van der Waals surface area contributed by atoms with Crippen molar-refractivity contribution in [2.24, 2.45) is 23.7 Å². The Bertz CT molecular complexity index is 188. The smallest absolute Gasteiger partial charge is 0.0466 e. The molecule has 0 aromatic heterocycles. The quantitative estimate of drug-likeness (QED) is 0.324. The molecule has 0 heterocycles. The third-order valence-corrected chi connectivity index (χ3v) is 4.22. The van der Waals surface area contributed by atoms with Gasteiger partial charge in [-0.1, -0.05) is 67.2 Å². The lowest BCUT2D eigenvalue weighted by molar-refractivity contribution is 0.123. The van der Waals surface area contributed by atoms with Gasteiger partial charge in [0.2, 0.25) is 0 Å². The van der Waals surface area contributed by atoms with Crippen molar-refractivity contribution in [2.45, 2.75) is 92.9 Å². The fourth-order valence-electron chi connectivity index (χ4n) is 3.34. The topological polar surface area (TPSA) is 9.23 Å². The van der Waals surface area contributed by atoms with Crippen molar-refractivity contribution in [3.63, 3.8) is 0 Å². The van der Waals surface area contributed by atoms with E-state index in [1.807, 2.05) is 0 Å². The number of hydrogen-bond acceptors (Lipinski definition) is 1. The van der Waals surface area contributed by atoms with Gasteiger partial charge in [-0.3, -0.25) is 0 Å². The summed E-state index contributed by atoms with van der Waals surface area (Å²) in [6.07, 6.45) is 10.6. The Morgan fingerprint density at radius 2 is 0.952 bits per heavy atom. The summed E-state index contributed by atoms with van der Waals surface area (Å²) >= 11 is 0. The third kappa shape index (κ3) is 16.2. The van der Waals surface area contributed by atoms with Crippen LogP contribution in [-0.2, 0) is 4.74 Å². The molecule has 0 aliphatic heterocycles. The molecule has 2 atom stereocenters. The summed E-state index contributed by atoms with van der Waals surface area (Å²) in [5.74, 6) is 3.45. The van der Waals surface area contributed by atoms with Crippen LogP contribution in [0.3, 0.4) is 0 Å². The molecule has 0 fully saturated rings. The first-order chi connectivity index (χ1) is 9.91. The van der Waals surface area contributed by atoms with Crippen LogP contribution in [0, 0.1) is 23.7 Å². The first-order valence-corrected chi connectivity index (χ1v) is 9.49. The molecule has 1 nitrogen and oxygen atoms in total. The van der Waals surface area contributed by atoms with E-state index in [1.165, 1.54) is 51.4 Å². The summed E-state index contributed by atoms with van der Waals surface area (Å²) < 4.78 is 5.76. The fraction of sp³-hybridized carbons (Fsp3) is 1.00. The molecule has 0 aromatic carbocycles. The Labute approximate surface area is 135 Å². The molecule has 0 bridgehead atoms. The van der Waals surface area contributed by atoms with Crippen molar-refractivity contribution in [1.29, 1.82) is 0 Å². The molecule has 0 aliphatic rings. The monoisotopic (exact) mass is 298 g/mol. The van der Waals surface area contributed by atoms with E-state index in [1.54, 1.807) is 0 Å². The Kier molecular flexibility index (Phi) is 13.6. The van der Waals surface area contributed by atoms with Crippen molar-refractivity contribution < 1.29 is 4.74 Å². The summed E-state index contributed by atoms with van der Waals surface area (Å²) in [7, 11) is 0. The van der Waals surface area contributed by atoms with E-state index < -0.39 is 0 Å². The maximum Gasteiger partial charge on any atom is 0.0466 e. The minimum absolute atomic E-state index is 0.842. The van der Waals surface area contributed by atoms with E-state index in [2.05, 4.69) is 41.5 Å². The van der Waals surface area contributed by atoms with E-state index in [-0.39, 0.29) is 0 Å². The molecule has 0 N–H and O–H groups in total. The second-order valence-corrected chi connectivity index (χ2v) is 8.07. The number of ether oxygens (including phenoxy) is 1. The summed E-state index contributed by atoms with van der Waals surface area (Å²) in [5.41, 5.74) is 0. The predicted molar refractivity (Wildman–Crippen MR) is 95.8 cm³/mol. The lowest BCUT2D eigenvalue weighted by Gasteiger charge is -2.14. The molecule has 0 saturated carbocycles. The fourth-order valence-corrected chi connectivity index (χ4v) is 3.34. The van der Waals surface area contributed by atoms with Crippen molar-refractivity contribution in [3.8, 4) is 0 Å². The highest BCUT2D eigenvalue weighted by molar-refractivity contribution is 4.57. The number of unbranched alkanes of at least 4 members (excludes halogenated alkanes) is 2. The van der Waals surface area contributed by atoms with E-state index in [4.69, 9.17) is 4.74 Å². The molecule has 0 spiro atoms. The molecule has 1 heteroatoms. The van der Waals surface area contributed by atoms with Crippen LogP contribution in [0.25, 0.3) is 0 Å². The highest BCUT2D eigenvalue weighted by Crippen LogP contribution is 2.18. The third-order valence-electron chi connectivity index (χ3n) is 4.22. The van der Waals surface area contributed by atoms with Crippen LogP contribution in [0.5, 0.6) is 0 Å². The molecule has 0 aromatic rings. The van der Waals surface area contributed by atoms with E-state index in [0.29, 0.717) is 0 Å². The van der Waals surface area contributed by atoms with Gasteiger partial charge in [0.05, 0.1) is 0 Å². The summed E-state index contributed by atoms with van der Waals surface area (Å²) in [6, 6.07) is 0. The van der Waals surface area contributed by atoms with Gasteiger partial charge in [-0.2, -0.15) is 0 Å². The average Bonchev–Trinajstić information content (AvgIpc) is 2.34. The van der Waals surface area contributed by atoms with Crippen molar-refractivity contribution in [1.82, 2.24) is 0 Å². The van der Waals surface area contributed by atoms with Crippen LogP contribution in [0.15, 0.2) is 0 Å². The van der Waals surface area contributed by atoms with Gasteiger partial charge in [0.15, 0.2) is 0 Å². The maximum absolute atomic E-state index is 5.76. The van der Waals surface area contributed by atoms with Crippen LogP contribution in [-0.4, -0.2) is 13.2 Å². The zero-order valence-corrected chi connectivity index (χ0v) is 15.8. The molecule has 0 radical (unpaired) electrons. The van der Waals surface area contributed by atoms with Gasteiger partial charge in [-0.25, -0.2) is 0 Å². The molecular weight excluding hydrogens is 256 g/mol. The Morgan fingerprint density at radius 1 is 0.571 bits per heavy atom. The van der Waals surface area contributed by atoms with Gasteiger partial charge in [0, 0.05) is 13.2 Å². The van der Waals surface area contributed by atoms with E-state index in [0.717, 1.165) is 36.9 Å². The SMILES string of the molecule is CC(C)CC(C)CCCCOCCCCC(C)CC(C)C. The van der Waals surface area contributed by atoms with Gasteiger partial charge >= 0.3 is 0 Å². The first kappa shape index (κ1) is 21.0. The van der Waals surface area contributed by atoms with Crippen molar-refractivity contribution >= 4 is 0 Å². The van der Waals surface area contributed by atoms with E-state index >= 15 is 0 Å². The molecular formula is C20H42O. The maximum atomic E-state index is 5.76. The first-order valence-electron chi connectivity index (χ1n) is 9.49. The van der Waals surface area contributed by atoms with Gasteiger partial charge in [0.25, 0.3) is 0 Å². The Morgan fingerprint density at radius 3 is 1.29 bits per heavy atom. The standard InChI is InChI=1S/C20H42O/c1-17(2)15-19(5)11-7-9-13-21-14-10-8-12-20(6)16-18(3)4/h17-20H,7-16H2,1-6H3. The largest absolute Gasteiger partial charge is 0.381 e. The molecule has 2 unspecified atom stereocenters. The molecule has 0 rings (SSSR count). The molecule has 128 valence electrons. The minimum atomic E-state index is 0.842. The van der Waals surface area contributed by atoms with Crippen LogP contribution in [0.1, 0.15) is 92.9 Å². The summed E-state index contributed by atoms with van der Waals surface area (Å²) in [4.78, 5) is 0. The van der Waals surface area contributed by atoms with Gasteiger partial charge < -0.3 is 4.74 Å². The van der Waals surface area contributed by atoms with Crippen molar-refractivity contribution in [2.75, 3.05) is 13.2 Å². The van der Waals surface area contributed by atoms with E-state index in [9.17, 15) is 0 Å². The van der Waals surface area contributed by atoms with Gasteiger partial charge in [-0.05, 0) is 49.4 Å². The number of hydrogen-bond donors (Lipinski definition) is 0. The highest BCUT2D eigenvalue weighted by Gasteiger charge is 2.05. The van der Waals surface area contributed by atoms with Crippen LogP contribution in [0.4, 0.5) is 0 Å². The normalized spacial score (nSPS) is 14.9. The lowest BCUT2D eigenvalue weighted by atomic mass is 9.94. The van der Waals surface area contributed by atoms with Gasteiger partial charge in [0.1, 0.15) is 0 Å². The van der Waals surface area contributed by atoms with Gasteiger partial charge in [-0.15, -0.1) is 0 Å². The number of rotatable bonds is 14. The van der Waals surface area contributed by atoms with Crippen LogP contribution < -0.4 is 0 Å². The zero-order valence-electron chi connectivity index (χ0n) is 15.8. The second-order valence-electron chi connectivity index (χ2n) is 8.07. The predicted octanol–water partition coefficient (Wildman–Crippen LogP) is 6.71. The average molecular weight is 299 g/mol. The summed E-state index contributed by atoms with van der Waals surface area (Å²) in [6.45, 7) is 16.0.